The van der Waals surface area contributed by atoms with Gasteiger partial charge in [-0.15, -0.1) is 15.0 Å². The SMILES string of the molecule is Cc1ccc(OCCOC(=O)c2ccccc2C(=O)OCCOC(=O)C(C)CC(C(=O)OC(C)C)C(C)C(=O)OC(C)C)c(-n2nc3ccccc3n2)c1. The number of aromatic nitrogens is 3. The number of hydrogen-bond donors (Lipinski definition) is 0. The van der Waals surface area contributed by atoms with E-state index in [2.05, 4.69) is 10.2 Å². The predicted octanol–water partition coefficient (Wildman–Crippen LogP) is 5.85. The van der Waals surface area contributed by atoms with E-state index in [9.17, 15) is 24.0 Å². The molecule has 3 atom stereocenters. The van der Waals surface area contributed by atoms with Crippen LogP contribution >= 0.6 is 0 Å². The van der Waals surface area contributed by atoms with Crippen LogP contribution in [0.2, 0.25) is 0 Å². The van der Waals surface area contributed by atoms with Crippen LogP contribution in [0.5, 0.6) is 5.75 Å². The van der Waals surface area contributed by atoms with Gasteiger partial charge in [0.15, 0.2) is 0 Å². The molecule has 0 spiro atoms. The third-order valence-electron chi connectivity index (χ3n) is 8.11. The Morgan fingerprint density at radius 3 is 1.72 bits per heavy atom. The van der Waals surface area contributed by atoms with Gasteiger partial charge in [-0.1, -0.05) is 44.2 Å². The van der Waals surface area contributed by atoms with Crippen molar-refractivity contribution in [1.29, 1.82) is 0 Å². The Hall–Kier alpha value is -5.79. The minimum absolute atomic E-state index is 0.0130. The van der Waals surface area contributed by atoms with Crippen molar-refractivity contribution in [3.8, 4) is 11.4 Å². The van der Waals surface area contributed by atoms with Crippen LogP contribution in [-0.4, -0.2) is 83.5 Å². The molecule has 14 nitrogen and oxygen atoms in total. The summed E-state index contributed by atoms with van der Waals surface area (Å²) in [5, 5.41) is 9.07. The summed E-state index contributed by atoms with van der Waals surface area (Å²) < 4.78 is 32.6. The van der Waals surface area contributed by atoms with Crippen molar-refractivity contribution >= 4 is 40.9 Å². The first-order valence-corrected chi connectivity index (χ1v) is 17.8. The monoisotopic (exact) mass is 745 g/mol. The number of esters is 5. The minimum Gasteiger partial charge on any atom is -0.488 e. The Morgan fingerprint density at radius 1 is 0.630 bits per heavy atom. The van der Waals surface area contributed by atoms with Crippen molar-refractivity contribution in [2.75, 3.05) is 26.4 Å². The second kappa shape index (κ2) is 19.3. The smallest absolute Gasteiger partial charge is 0.339 e. The number of carbonyl (C=O) groups is 5. The van der Waals surface area contributed by atoms with E-state index in [1.54, 1.807) is 59.7 Å². The summed E-state index contributed by atoms with van der Waals surface area (Å²) in [5.74, 6) is -5.53. The number of ether oxygens (including phenoxy) is 6. The molecule has 0 saturated carbocycles. The molecule has 0 aliphatic heterocycles. The number of benzene rings is 3. The molecule has 0 aliphatic rings. The van der Waals surface area contributed by atoms with E-state index in [1.807, 2.05) is 43.3 Å². The average molecular weight is 746 g/mol. The van der Waals surface area contributed by atoms with Crippen LogP contribution in [0.1, 0.15) is 74.2 Å². The molecule has 4 rings (SSSR count). The molecule has 3 unspecified atom stereocenters. The fraction of sp³-hybridized carbons (Fsp3) is 0.425. The zero-order valence-electron chi connectivity index (χ0n) is 31.6. The predicted molar refractivity (Wildman–Crippen MR) is 196 cm³/mol. The first-order chi connectivity index (χ1) is 25.7. The van der Waals surface area contributed by atoms with Gasteiger partial charge in [-0.3, -0.25) is 14.4 Å². The van der Waals surface area contributed by atoms with E-state index in [0.29, 0.717) is 11.4 Å². The number of carbonyl (C=O) groups excluding carboxylic acids is 5. The minimum atomic E-state index is -0.942. The van der Waals surface area contributed by atoms with Gasteiger partial charge in [-0.2, -0.15) is 0 Å². The van der Waals surface area contributed by atoms with Gasteiger partial charge >= 0.3 is 29.8 Å². The van der Waals surface area contributed by atoms with Crippen LogP contribution in [0.15, 0.2) is 66.7 Å². The van der Waals surface area contributed by atoms with Crippen molar-refractivity contribution in [2.45, 2.75) is 67.1 Å². The Balaban J connectivity index is 1.26. The van der Waals surface area contributed by atoms with Crippen LogP contribution < -0.4 is 4.74 Å². The highest BCUT2D eigenvalue weighted by Crippen LogP contribution is 2.26. The summed E-state index contributed by atoms with van der Waals surface area (Å²) in [7, 11) is 0. The van der Waals surface area contributed by atoms with E-state index in [1.165, 1.54) is 16.9 Å². The lowest BCUT2D eigenvalue weighted by Crippen LogP contribution is -2.35. The van der Waals surface area contributed by atoms with Crippen LogP contribution in [0.3, 0.4) is 0 Å². The number of rotatable bonds is 18. The molecule has 0 fully saturated rings. The molecule has 1 aromatic heterocycles. The van der Waals surface area contributed by atoms with E-state index in [0.717, 1.165) is 16.6 Å². The third kappa shape index (κ3) is 11.4. The topological polar surface area (TPSA) is 171 Å². The summed E-state index contributed by atoms with van der Waals surface area (Å²) in [5.41, 5.74) is 3.02. The highest BCUT2D eigenvalue weighted by atomic mass is 16.6. The summed E-state index contributed by atoms with van der Waals surface area (Å²) >= 11 is 0. The van der Waals surface area contributed by atoms with Gasteiger partial charge in [0.05, 0.1) is 41.1 Å². The summed E-state index contributed by atoms with van der Waals surface area (Å²) in [4.78, 5) is 65.7. The normalized spacial score (nSPS) is 12.8. The quantitative estimate of drug-likeness (QED) is 0.0676. The summed E-state index contributed by atoms with van der Waals surface area (Å²) in [6, 6.07) is 19.1. The summed E-state index contributed by atoms with van der Waals surface area (Å²) in [6.45, 7) is 11.1. The lowest BCUT2D eigenvalue weighted by Gasteiger charge is -2.25. The highest BCUT2D eigenvalue weighted by molar-refractivity contribution is 6.03. The van der Waals surface area contributed by atoms with Crippen molar-refractivity contribution < 1.29 is 52.4 Å². The van der Waals surface area contributed by atoms with E-state index < -0.39 is 53.7 Å². The molecule has 0 bridgehead atoms. The maximum absolute atomic E-state index is 13.0. The van der Waals surface area contributed by atoms with E-state index >= 15 is 0 Å². The van der Waals surface area contributed by atoms with E-state index in [4.69, 9.17) is 28.4 Å². The number of hydrogen-bond acceptors (Lipinski definition) is 13. The van der Waals surface area contributed by atoms with Crippen molar-refractivity contribution in [1.82, 2.24) is 15.0 Å². The van der Waals surface area contributed by atoms with Gasteiger partial charge < -0.3 is 28.4 Å². The molecule has 0 saturated heterocycles. The van der Waals surface area contributed by atoms with Crippen LogP contribution in [0, 0.1) is 24.7 Å². The maximum atomic E-state index is 13.0. The lowest BCUT2D eigenvalue weighted by atomic mass is 9.85. The Kier molecular flexibility index (Phi) is 14.7. The molecule has 0 aliphatic carbocycles. The Labute approximate surface area is 314 Å². The second-order valence-corrected chi connectivity index (χ2v) is 13.3. The fourth-order valence-corrected chi connectivity index (χ4v) is 5.38. The maximum Gasteiger partial charge on any atom is 0.339 e. The highest BCUT2D eigenvalue weighted by Gasteiger charge is 2.36. The van der Waals surface area contributed by atoms with Gasteiger partial charge in [0.1, 0.15) is 48.9 Å². The molecule has 0 N–H and O–H groups in total. The number of aryl methyl sites for hydroxylation is 1. The van der Waals surface area contributed by atoms with Crippen molar-refractivity contribution in [3.05, 3.63) is 83.4 Å². The standard InChI is InChI=1S/C40H47N3O11/c1-24(2)53-37(45)28(7)31(40(48)54-25(3)4)23-27(6)36(44)50-20-21-52-39(47)30-13-9-8-12-29(30)38(46)51-19-18-49-35-17-16-26(5)22-34(35)43-41-32-14-10-11-15-33(32)42-43/h8-17,22,24-25,27-28,31H,18-21,23H2,1-7H3. The molecule has 4 aromatic rings. The molecule has 54 heavy (non-hydrogen) atoms. The zero-order chi connectivity index (χ0) is 39.4. The van der Waals surface area contributed by atoms with Gasteiger partial charge in [0, 0.05) is 0 Å². The first-order valence-electron chi connectivity index (χ1n) is 17.8. The van der Waals surface area contributed by atoms with Gasteiger partial charge in [-0.05, 0) is 83.0 Å². The van der Waals surface area contributed by atoms with Gasteiger partial charge in [0.2, 0.25) is 0 Å². The molecule has 1 heterocycles. The van der Waals surface area contributed by atoms with Crippen molar-refractivity contribution in [2.24, 2.45) is 17.8 Å². The molecular weight excluding hydrogens is 698 g/mol. The molecular formula is C40H47N3O11. The average Bonchev–Trinajstić information content (AvgIpc) is 3.57. The van der Waals surface area contributed by atoms with Gasteiger partial charge in [0.25, 0.3) is 0 Å². The molecule has 14 heteroatoms. The lowest BCUT2D eigenvalue weighted by molar-refractivity contribution is -0.166. The van der Waals surface area contributed by atoms with Crippen molar-refractivity contribution in [3.63, 3.8) is 0 Å². The molecule has 0 amide bonds. The molecule has 0 radical (unpaired) electrons. The summed E-state index contributed by atoms with van der Waals surface area (Å²) in [6.07, 6.45) is -0.821. The van der Waals surface area contributed by atoms with Gasteiger partial charge in [-0.25, -0.2) is 9.59 Å². The van der Waals surface area contributed by atoms with Crippen LogP contribution in [-0.2, 0) is 38.1 Å². The number of fused-ring (bicyclic) bond motifs is 1. The van der Waals surface area contributed by atoms with Crippen LogP contribution in [0.25, 0.3) is 16.7 Å². The van der Waals surface area contributed by atoms with E-state index in [-0.39, 0.29) is 50.1 Å². The van der Waals surface area contributed by atoms with Crippen LogP contribution in [0.4, 0.5) is 0 Å². The molecule has 288 valence electrons. The Bertz CT molecular complexity index is 1900. The second-order valence-electron chi connectivity index (χ2n) is 13.3. The number of nitrogens with zero attached hydrogens (tertiary/aromatic N) is 3. The zero-order valence-corrected chi connectivity index (χ0v) is 31.6. The molecule has 3 aromatic carbocycles. The first kappa shape index (κ1) is 41.0. The third-order valence-corrected chi connectivity index (χ3v) is 8.11. The fourth-order valence-electron chi connectivity index (χ4n) is 5.38. The largest absolute Gasteiger partial charge is 0.488 e. The Morgan fingerprint density at radius 2 is 1.15 bits per heavy atom.